The molecule has 23 heavy (non-hydrogen) atoms. The molecule has 2 amide bonds. The van der Waals surface area contributed by atoms with Crippen LogP contribution in [0.4, 0.5) is 5.69 Å². The van der Waals surface area contributed by atoms with Crippen molar-refractivity contribution in [2.45, 2.75) is 26.3 Å². The number of carbonyl (C=O) groups excluding carboxylic acids is 2. The highest BCUT2D eigenvalue weighted by Crippen LogP contribution is 2.14. The molecule has 0 radical (unpaired) electrons. The maximum Gasteiger partial charge on any atom is 0.255 e. The number of rotatable bonds is 5. The van der Waals surface area contributed by atoms with E-state index in [0.29, 0.717) is 21.8 Å². The van der Waals surface area contributed by atoms with Gasteiger partial charge in [-0.2, -0.15) is 0 Å². The SMILES string of the molecule is CC[C@H](C)NC(=O)c1cccc(NC(=O)c2ccc(Cl)cc2)c1. The van der Waals surface area contributed by atoms with Crippen LogP contribution in [0.25, 0.3) is 0 Å². The standard InChI is InChI=1S/C18H19ClN2O2/c1-3-12(2)20-18(23)14-5-4-6-16(11-14)21-17(22)13-7-9-15(19)10-8-13/h4-12H,3H2,1-2H3,(H,20,23)(H,21,22)/t12-/m0/s1. The number of nitrogens with one attached hydrogen (secondary N) is 2. The van der Waals surface area contributed by atoms with Crippen LogP contribution in [0.15, 0.2) is 48.5 Å². The molecular formula is C18H19ClN2O2. The molecule has 0 fully saturated rings. The highest BCUT2D eigenvalue weighted by molar-refractivity contribution is 6.30. The minimum atomic E-state index is -0.249. The first-order valence-electron chi connectivity index (χ1n) is 7.47. The monoisotopic (exact) mass is 330 g/mol. The van der Waals surface area contributed by atoms with Crippen LogP contribution in [-0.2, 0) is 0 Å². The maximum atomic E-state index is 12.2. The van der Waals surface area contributed by atoms with Gasteiger partial charge in [-0.3, -0.25) is 9.59 Å². The Morgan fingerprint density at radius 1 is 1.04 bits per heavy atom. The summed E-state index contributed by atoms with van der Waals surface area (Å²) in [5.74, 6) is -0.400. The van der Waals surface area contributed by atoms with E-state index in [4.69, 9.17) is 11.6 Å². The summed E-state index contributed by atoms with van der Waals surface area (Å²) in [5, 5.41) is 6.25. The molecule has 0 spiro atoms. The van der Waals surface area contributed by atoms with Crippen molar-refractivity contribution in [3.05, 3.63) is 64.7 Å². The number of hydrogen-bond acceptors (Lipinski definition) is 2. The van der Waals surface area contributed by atoms with Gasteiger partial charge >= 0.3 is 0 Å². The zero-order valence-electron chi connectivity index (χ0n) is 13.1. The van der Waals surface area contributed by atoms with Crippen LogP contribution in [0.5, 0.6) is 0 Å². The molecule has 0 bridgehead atoms. The molecule has 0 aliphatic heterocycles. The molecule has 0 unspecified atom stereocenters. The topological polar surface area (TPSA) is 58.2 Å². The van der Waals surface area contributed by atoms with E-state index in [1.807, 2.05) is 13.8 Å². The molecule has 0 aliphatic carbocycles. The quantitative estimate of drug-likeness (QED) is 0.866. The predicted molar refractivity (Wildman–Crippen MR) is 93.1 cm³/mol. The Labute approximate surface area is 140 Å². The third-order valence-corrected chi connectivity index (χ3v) is 3.73. The maximum absolute atomic E-state index is 12.2. The van der Waals surface area contributed by atoms with Gasteiger partial charge in [0, 0.05) is 27.9 Å². The zero-order chi connectivity index (χ0) is 16.8. The summed E-state index contributed by atoms with van der Waals surface area (Å²) in [5.41, 5.74) is 1.59. The van der Waals surface area contributed by atoms with Gasteiger partial charge in [0.15, 0.2) is 0 Å². The van der Waals surface area contributed by atoms with E-state index in [0.717, 1.165) is 6.42 Å². The Morgan fingerprint density at radius 2 is 1.74 bits per heavy atom. The van der Waals surface area contributed by atoms with Gasteiger partial charge in [0.25, 0.3) is 11.8 Å². The first-order chi connectivity index (χ1) is 11.0. The fourth-order valence-electron chi connectivity index (χ4n) is 1.95. The van der Waals surface area contributed by atoms with Crippen LogP contribution >= 0.6 is 11.6 Å². The lowest BCUT2D eigenvalue weighted by atomic mass is 10.1. The van der Waals surface area contributed by atoms with E-state index < -0.39 is 0 Å². The van der Waals surface area contributed by atoms with E-state index in [-0.39, 0.29) is 17.9 Å². The number of anilines is 1. The summed E-state index contributed by atoms with van der Waals surface area (Å²) < 4.78 is 0. The van der Waals surface area contributed by atoms with Gasteiger partial charge in [-0.25, -0.2) is 0 Å². The lowest BCUT2D eigenvalue weighted by molar-refractivity contribution is 0.0938. The van der Waals surface area contributed by atoms with Crippen molar-refractivity contribution >= 4 is 29.1 Å². The Morgan fingerprint density at radius 3 is 2.39 bits per heavy atom. The van der Waals surface area contributed by atoms with Crippen molar-refractivity contribution in [2.24, 2.45) is 0 Å². The summed E-state index contributed by atoms with van der Waals surface area (Å²) in [4.78, 5) is 24.3. The fraction of sp³-hybridized carbons (Fsp3) is 0.222. The molecule has 4 nitrogen and oxygen atoms in total. The molecule has 0 heterocycles. The van der Waals surface area contributed by atoms with Gasteiger partial charge in [0.05, 0.1) is 0 Å². The fourth-order valence-corrected chi connectivity index (χ4v) is 2.08. The summed E-state index contributed by atoms with van der Waals surface area (Å²) >= 11 is 5.81. The zero-order valence-corrected chi connectivity index (χ0v) is 13.9. The van der Waals surface area contributed by atoms with Gasteiger partial charge < -0.3 is 10.6 Å². The van der Waals surface area contributed by atoms with E-state index in [2.05, 4.69) is 10.6 Å². The molecule has 5 heteroatoms. The average molecular weight is 331 g/mol. The van der Waals surface area contributed by atoms with Crippen LogP contribution in [0, 0.1) is 0 Å². The predicted octanol–water partition coefficient (Wildman–Crippen LogP) is 4.12. The summed E-state index contributed by atoms with van der Waals surface area (Å²) in [6, 6.07) is 13.6. The van der Waals surface area contributed by atoms with Crippen molar-refractivity contribution in [2.75, 3.05) is 5.32 Å². The third-order valence-electron chi connectivity index (χ3n) is 3.48. The molecular weight excluding hydrogens is 312 g/mol. The second-order valence-electron chi connectivity index (χ2n) is 5.32. The number of halogens is 1. The third kappa shape index (κ3) is 4.83. The Balaban J connectivity index is 2.09. The lowest BCUT2D eigenvalue weighted by Gasteiger charge is -2.12. The lowest BCUT2D eigenvalue weighted by Crippen LogP contribution is -2.31. The molecule has 120 valence electrons. The molecule has 2 rings (SSSR count). The molecule has 2 aromatic carbocycles. The second kappa shape index (κ2) is 7.79. The second-order valence-corrected chi connectivity index (χ2v) is 5.76. The van der Waals surface area contributed by atoms with Crippen LogP contribution < -0.4 is 10.6 Å². The van der Waals surface area contributed by atoms with Gasteiger partial charge in [-0.05, 0) is 55.8 Å². The van der Waals surface area contributed by atoms with Crippen molar-refractivity contribution < 1.29 is 9.59 Å². The Hall–Kier alpha value is -2.33. The number of amides is 2. The number of benzene rings is 2. The smallest absolute Gasteiger partial charge is 0.255 e. The van der Waals surface area contributed by atoms with Gasteiger partial charge in [-0.1, -0.05) is 24.6 Å². The van der Waals surface area contributed by atoms with E-state index in [1.54, 1.807) is 48.5 Å². The van der Waals surface area contributed by atoms with E-state index in [1.165, 1.54) is 0 Å². The van der Waals surface area contributed by atoms with Gasteiger partial charge in [0.2, 0.25) is 0 Å². The Kier molecular flexibility index (Phi) is 5.77. The van der Waals surface area contributed by atoms with Crippen LogP contribution in [0.1, 0.15) is 41.0 Å². The average Bonchev–Trinajstić information content (AvgIpc) is 2.55. The van der Waals surface area contributed by atoms with Crippen molar-refractivity contribution in [1.82, 2.24) is 5.32 Å². The first kappa shape index (κ1) is 17.0. The van der Waals surface area contributed by atoms with Gasteiger partial charge in [-0.15, -0.1) is 0 Å². The Bertz CT molecular complexity index is 698. The molecule has 0 aromatic heterocycles. The number of hydrogen-bond donors (Lipinski definition) is 2. The van der Waals surface area contributed by atoms with Crippen molar-refractivity contribution in [3.8, 4) is 0 Å². The largest absolute Gasteiger partial charge is 0.350 e. The molecule has 0 saturated carbocycles. The highest BCUT2D eigenvalue weighted by atomic mass is 35.5. The molecule has 0 aliphatic rings. The summed E-state index contributed by atoms with van der Waals surface area (Å²) in [6.07, 6.45) is 0.860. The first-order valence-corrected chi connectivity index (χ1v) is 7.85. The van der Waals surface area contributed by atoms with Crippen LogP contribution in [-0.4, -0.2) is 17.9 Å². The molecule has 2 aromatic rings. The van der Waals surface area contributed by atoms with E-state index in [9.17, 15) is 9.59 Å². The molecule has 0 saturated heterocycles. The van der Waals surface area contributed by atoms with Gasteiger partial charge in [0.1, 0.15) is 0 Å². The number of carbonyl (C=O) groups is 2. The summed E-state index contributed by atoms with van der Waals surface area (Å²) in [7, 11) is 0. The van der Waals surface area contributed by atoms with E-state index >= 15 is 0 Å². The van der Waals surface area contributed by atoms with Crippen molar-refractivity contribution in [1.29, 1.82) is 0 Å². The van der Waals surface area contributed by atoms with Crippen molar-refractivity contribution in [3.63, 3.8) is 0 Å². The van der Waals surface area contributed by atoms with Crippen LogP contribution in [0.2, 0.25) is 5.02 Å². The normalized spacial score (nSPS) is 11.6. The molecule has 1 atom stereocenters. The summed E-state index contributed by atoms with van der Waals surface area (Å²) in [6.45, 7) is 3.96. The highest BCUT2D eigenvalue weighted by Gasteiger charge is 2.11. The van der Waals surface area contributed by atoms with Crippen LogP contribution in [0.3, 0.4) is 0 Å². The minimum absolute atomic E-state index is 0.106. The minimum Gasteiger partial charge on any atom is -0.350 e. The molecule has 2 N–H and O–H groups in total.